The molecule has 0 fully saturated rings. The molecule has 6 heteroatoms. The minimum absolute atomic E-state index is 0.339. The SMILES string of the molecule is Cc1cc(-c2nn3c(c2-c2ccc4nccn4c2)CCC3)c(F)cc1F. The van der Waals surface area contributed by atoms with E-state index < -0.39 is 11.6 Å². The van der Waals surface area contributed by atoms with E-state index in [0.717, 1.165) is 47.9 Å². The Bertz CT molecular complexity index is 1160. The van der Waals surface area contributed by atoms with Crippen molar-refractivity contribution in [2.24, 2.45) is 0 Å². The highest BCUT2D eigenvalue weighted by Gasteiger charge is 2.26. The molecule has 4 aromatic rings. The summed E-state index contributed by atoms with van der Waals surface area (Å²) in [5.74, 6) is -1.13. The lowest BCUT2D eigenvalue weighted by molar-refractivity contribution is 0.578. The van der Waals surface area contributed by atoms with Crippen LogP contribution in [0.5, 0.6) is 0 Å². The van der Waals surface area contributed by atoms with Gasteiger partial charge in [0, 0.05) is 53.6 Å². The van der Waals surface area contributed by atoms with Crippen molar-refractivity contribution >= 4 is 5.65 Å². The van der Waals surface area contributed by atoms with Gasteiger partial charge in [0.2, 0.25) is 0 Å². The molecule has 4 nitrogen and oxygen atoms in total. The molecule has 130 valence electrons. The molecule has 0 unspecified atom stereocenters. The second-order valence-corrected chi connectivity index (χ2v) is 6.69. The molecule has 0 atom stereocenters. The van der Waals surface area contributed by atoms with Crippen LogP contribution in [0.15, 0.2) is 42.9 Å². The Labute approximate surface area is 148 Å². The van der Waals surface area contributed by atoms with Crippen LogP contribution >= 0.6 is 0 Å². The highest BCUT2D eigenvalue weighted by molar-refractivity contribution is 5.83. The van der Waals surface area contributed by atoms with E-state index in [1.54, 1.807) is 19.2 Å². The summed E-state index contributed by atoms with van der Waals surface area (Å²) in [6.45, 7) is 2.46. The van der Waals surface area contributed by atoms with E-state index in [9.17, 15) is 8.78 Å². The first-order chi connectivity index (χ1) is 12.6. The smallest absolute Gasteiger partial charge is 0.136 e. The number of aryl methyl sites for hydroxylation is 2. The molecule has 0 radical (unpaired) electrons. The van der Waals surface area contributed by atoms with Crippen LogP contribution in [-0.2, 0) is 13.0 Å². The lowest BCUT2D eigenvalue weighted by atomic mass is 9.97. The summed E-state index contributed by atoms with van der Waals surface area (Å²) in [5.41, 5.74) is 5.14. The van der Waals surface area contributed by atoms with Gasteiger partial charge in [-0.1, -0.05) is 0 Å². The van der Waals surface area contributed by atoms with E-state index in [0.29, 0.717) is 16.8 Å². The van der Waals surface area contributed by atoms with E-state index in [-0.39, 0.29) is 0 Å². The molecule has 0 N–H and O–H groups in total. The molecule has 0 spiro atoms. The third-order valence-electron chi connectivity index (χ3n) is 5.02. The van der Waals surface area contributed by atoms with Crippen LogP contribution in [0.2, 0.25) is 0 Å². The van der Waals surface area contributed by atoms with Crippen LogP contribution in [0, 0.1) is 18.6 Å². The van der Waals surface area contributed by atoms with Crippen molar-refractivity contribution in [1.29, 1.82) is 0 Å². The van der Waals surface area contributed by atoms with Crippen LogP contribution in [-0.4, -0.2) is 19.2 Å². The Morgan fingerprint density at radius 2 is 2.00 bits per heavy atom. The van der Waals surface area contributed by atoms with Gasteiger partial charge in [0.1, 0.15) is 23.0 Å². The predicted molar refractivity (Wildman–Crippen MR) is 94.8 cm³/mol. The standard InChI is InChI=1S/C20H16F2N4/c1-12-9-14(16(22)10-15(12)21)20-19(17-3-2-7-26(17)24-20)13-4-5-18-23-6-8-25(18)11-13/h4-6,8-11H,2-3,7H2,1H3. The van der Waals surface area contributed by atoms with Gasteiger partial charge in [-0.3, -0.25) is 4.68 Å². The highest BCUT2D eigenvalue weighted by Crippen LogP contribution is 2.39. The van der Waals surface area contributed by atoms with Gasteiger partial charge in [-0.15, -0.1) is 0 Å². The molecule has 4 heterocycles. The fraction of sp³-hybridized carbons (Fsp3) is 0.200. The molecule has 0 aliphatic carbocycles. The molecule has 1 aliphatic heterocycles. The first-order valence-corrected chi connectivity index (χ1v) is 8.60. The number of hydrogen-bond acceptors (Lipinski definition) is 2. The van der Waals surface area contributed by atoms with Gasteiger partial charge in [-0.25, -0.2) is 13.8 Å². The molecule has 1 aliphatic rings. The number of pyridine rings is 1. The van der Waals surface area contributed by atoms with E-state index in [1.807, 2.05) is 33.6 Å². The number of imidazole rings is 1. The Kier molecular flexibility index (Phi) is 3.22. The predicted octanol–water partition coefficient (Wildman–Crippen LogP) is 4.40. The molecular formula is C20H16F2N4. The van der Waals surface area contributed by atoms with E-state index in [2.05, 4.69) is 10.1 Å². The minimum Gasteiger partial charge on any atom is -0.306 e. The number of fused-ring (bicyclic) bond motifs is 2. The maximum atomic E-state index is 14.6. The van der Waals surface area contributed by atoms with Gasteiger partial charge in [-0.05, 0) is 43.5 Å². The first-order valence-electron chi connectivity index (χ1n) is 8.60. The number of nitrogens with zero attached hydrogens (tertiary/aromatic N) is 4. The maximum Gasteiger partial charge on any atom is 0.136 e. The number of rotatable bonds is 2. The normalized spacial score (nSPS) is 13.5. The molecule has 5 rings (SSSR count). The largest absolute Gasteiger partial charge is 0.306 e. The van der Waals surface area contributed by atoms with Gasteiger partial charge >= 0.3 is 0 Å². The van der Waals surface area contributed by atoms with Crippen molar-refractivity contribution in [3.05, 3.63) is 65.7 Å². The Hall–Kier alpha value is -3.02. The van der Waals surface area contributed by atoms with E-state index >= 15 is 0 Å². The lowest BCUT2D eigenvalue weighted by Gasteiger charge is -2.09. The van der Waals surface area contributed by atoms with Crippen LogP contribution in [0.1, 0.15) is 17.7 Å². The fourth-order valence-corrected chi connectivity index (χ4v) is 3.73. The Morgan fingerprint density at radius 1 is 1.12 bits per heavy atom. The van der Waals surface area contributed by atoms with Crippen LogP contribution in [0.25, 0.3) is 28.0 Å². The van der Waals surface area contributed by atoms with Gasteiger partial charge in [0.25, 0.3) is 0 Å². The third kappa shape index (κ3) is 2.18. The Balaban J connectivity index is 1.78. The van der Waals surface area contributed by atoms with Crippen molar-refractivity contribution in [2.45, 2.75) is 26.3 Å². The van der Waals surface area contributed by atoms with Gasteiger partial charge < -0.3 is 4.40 Å². The monoisotopic (exact) mass is 350 g/mol. The second-order valence-electron chi connectivity index (χ2n) is 6.69. The number of hydrogen-bond donors (Lipinski definition) is 0. The fourth-order valence-electron chi connectivity index (χ4n) is 3.73. The van der Waals surface area contributed by atoms with Gasteiger partial charge in [-0.2, -0.15) is 5.10 Å². The quantitative estimate of drug-likeness (QED) is 0.537. The van der Waals surface area contributed by atoms with Crippen molar-refractivity contribution < 1.29 is 8.78 Å². The van der Waals surface area contributed by atoms with E-state index in [1.165, 1.54) is 0 Å². The highest BCUT2D eigenvalue weighted by atomic mass is 19.1. The molecular weight excluding hydrogens is 334 g/mol. The van der Waals surface area contributed by atoms with Crippen molar-refractivity contribution in [3.63, 3.8) is 0 Å². The maximum absolute atomic E-state index is 14.6. The first kappa shape index (κ1) is 15.3. The number of benzene rings is 1. The summed E-state index contributed by atoms with van der Waals surface area (Å²) in [4.78, 5) is 4.27. The molecule has 0 saturated carbocycles. The van der Waals surface area contributed by atoms with Crippen molar-refractivity contribution in [1.82, 2.24) is 19.2 Å². The van der Waals surface area contributed by atoms with Gasteiger partial charge in [0.15, 0.2) is 0 Å². The molecule has 0 saturated heterocycles. The van der Waals surface area contributed by atoms with Crippen LogP contribution in [0.3, 0.4) is 0 Å². The summed E-state index contributed by atoms with van der Waals surface area (Å²) >= 11 is 0. The molecule has 1 aromatic carbocycles. The second kappa shape index (κ2) is 5.49. The van der Waals surface area contributed by atoms with Crippen LogP contribution in [0.4, 0.5) is 8.78 Å². The van der Waals surface area contributed by atoms with Crippen molar-refractivity contribution in [2.75, 3.05) is 0 Å². The zero-order chi connectivity index (χ0) is 17.8. The molecule has 3 aromatic heterocycles. The minimum atomic E-state index is -0.588. The van der Waals surface area contributed by atoms with Gasteiger partial charge in [0.05, 0.1) is 0 Å². The van der Waals surface area contributed by atoms with E-state index in [4.69, 9.17) is 0 Å². The number of aromatic nitrogens is 4. The summed E-state index contributed by atoms with van der Waals surface area (Å²) in [6.07, 6.45) is 7.52. The zero-order valence-corrected chi connectivity index (χ0v) is 14.2. The molecule has 0 bridgehead atoms. The topological polar surface area (TPSA) is 35.1 Å². The summed E-state index contributed by atoms with van der Waals surface area (Å²) in [5, 5.41) is 4.67. The summed E-state index contributed by atoms with van der Waals surface area (Å²) < 4.78 is 32.2. The van der Waals surface area contributed by atoms with Crippen LogP contribution < -0.4 is 0 Å². The molecule has 26 heavy (non-hydrogen) atoms. The third-order valence-corrected chi connectivity index (χ3v) is 5.02. The lowest BCUT2D eigenvalue weighted by Crippen LogP contribution is -1.96. The Morgan fingerprint density at radius 3 is 2.88 bits per heavy atom. The number of halogens is 2. The van der Waals surface area contributed by atoms with Crippen molar-refractivity contribution in [3.8, 4) is 22.4 Å². The summed E-state index contributed by atoms with van der Waals surface area (Å²) in [7, 11) is 0. The zero-order valence-electron chi connectivity index (χ0n) is 14.2. The average Bonchev–Trinajstić information content (AvgIpc) is 3.32. The molecule has 0 amide bonds. The average molecular weight is 350 g/mol. The summed E-state index contributed by atoms with van der Waals surface area (Å²) in [6, 6.07) is 6.40.